The Hall–Kier alpha value is -2.96. The molecule has 1 N–H and O–H groups in total. The van der Waals surface area contributed by atoms with Gasteiger partial charge in [0.1, 0.15) is 16.5 Å². The highest BCUT2D eigenvalue weighted by molar-refractivity contribution is 7.99. The summed E-state index contributed by atoms with van der Waals surface area (Å²) in [7, 11) is -0.641. The first-order valence-electron chi connectivity index (χ1n) is 11.1. The third-order valence-corrected chi connectivity index (χ3v) is 8.60. The number of halogens is 1. The van der Waals surface area contributed by atoms with Crippen LogP contribution in [0, 0.1) is 5.82 Å². The first-order valence-corrected chi connectivity index (χ1v) is 13.5. The molecule has 186 valence electrons. The van der Waals surface area contributed by atoms with E-state index in [0.717, 1.165) is 31.0 Å². The van der Waals surface area contributed by atoms with E-state index in [4.69, 9.17) is 4.74 Å². The summed E-state index contributed by atoms with van der Waals surface area (Å²) in [6, 6.07) is 10.8. The molecule has 4 rings (SSSR count). The van der Waals surface area contributed by atoms with E-state index in [0.29, 0.717) is 35.3 Å². The van der Waals surface area contributed by atoms with Gasteiger partial charge >= 0.3 is 0 Å². The second-order valence-electron chi connectivity index (χ2n) is 8.01. The van der Waals surface area contributed by atoms with Crippen molar-refractivity contribution in [2.45, 2.75) is 29.3 Å². The van der Waals surface area contributed by atoms with E-state index in [1.165, 1.54) is 29.6 Å². The number of aromatic nitrogens is 3. The molecular weight excluding hydrogens is 493 g/mol. The van der Waals surface area contributed by atoms with Crippen molar-refractivity contribution < 1.29 is 22.3 Å². The first kappa shape index (κ1) is 25.1. The van der Waals surface area contributed by atoms with Crippen molar-refractivity contribution in [3.8, 4) is 17.1 Å². The molecule has 35 heavy (non-hydrogen) atoms. The highest BCUT2D eigenvalue weighted by Gasteiger charge is 2.29. The summed E-state index contributed by atoms with van der Waals surface area (Å²) in [5.74, 6) is -0.177. The topological polar surface area (TPSA) is 106 Å². The minimum absolute atomic E-state index is 0.00346. The molecule has 0 radical (unpaired) electrons. The van der Waals surface area contributed by atoms with Crippen molar-refractivity contribution in [2.75, 3.05) is 31.3 Å². The van der Waals surface area contributed by atoms with E-state index in [-0.39, 0.29) is 22.3 Å². The Bertz CT molecular complexity index is 1320. The maximum Gasteiger partial charge on any atom is 0.246 e. The van der Waals surface area contributed by atoms with Gasteiger partial charge < -0.3 is 14.6 Å². The first-order chi connectivity index (χ1) is 16.8. The summed E-state index contributed by atoms with van der Waals surface area (Å²) >= 11 is 1.14. The van der Waals surface area contributed by atoms with Gasteiger partial charge in [-0.1, -0.05) is 30.3 Å². The molecule has 2 heterocycles. The average molecular weight is 520 g/mol. The van der Waals surface area contributed by atoms with Gasteiger partial charge in [0, 0.05) is 25.8 Å². The second kappa shape index (κ2) is 10.8. The van der Waals surface area contributed by atoms with E-state index in [2.05, 4.69) is 15.5 Å². The van der Waals surface area contributed by atoms with Gasteiger partial charge in [-0.2, -0.15) is 4.31 Å². The van der Waals surface area contributed by atoms with E-state index in [1.54, 1.807) is 35.9 Å². The number of hydrogen-bond donors (Lipinski definition) is 1. The molecule has 1 aliphatic heterocycles. The van der Waals surface area contributed by atoms with Gasteiger partial charge in [0.05, 0.1) is 18.4 Å². The number of nitrogens with zero attached hydrogens (tertiary/aromatic N) is 4. The second-order valence-corrected chi connectivity index (χ2v) is 10.9. The number of thioether (sulfide) groups is 1. The van der Waals surface area contributed by atoms with Crippen LogP contribution in [0.4, 0.5) is 10.1 Å². The minimum Gasteiger partial charge on any atom is -0.495 e. The van der Waals surface area contributed by atoms with Crippen LogP contribution in [-0.2, 0) is 21.9 Å². The molecule has 3 aromatic rings. The van der Waals surface area contributed by atoms with Gasteiger partial charge in [-0.25, -0.2) is 12.8 Å². The normalized spacial score (nSPS) is 14.6. The van der Waals surface area contributed by atoms with Crippen LogP contribution in [0.1, 0.15) is 19.3 Å². The predicted molar refractivity (Wildman–Crippen MR) is 131 cm³/mol. The summed E-state index contributed by atoms with van der Waals surface area (Å²) in [5, 5.41) is 11.3. The Morgan fingerprint density at radius 1 is 1.14 bits per heavy atom. The number of hydrogen-bond acceptors (Lipinski definition) is 7. The molecule has 1 fully saturated rings. The highest BCUT2D eigenvalue weighted by Crippen LogP contribution is 2.31. The van der Waals surface area contributed by atoms with Crippen molar-refractivity contribution in [3.63, 3.8) is 0 Å². The van der Waals surface area contributed by atoms with Crippen LogP contribution in [-0.4, -0.2) is 59.3 Å². The fraction of sp³-hybridized carbons (Fsp3) is 0.348. The molecule has 0 atom stereocenters. The van der Waals surface area contributed by atoms with E-state index in [1.807, 2.05) is 0 Å². The summed E-state index contributed by atoms with van der Waals surface area (Å²) in [5.41, 5.74) is 0.663. The molecule has 12 heteroatoms. The Labute approximate surface area is 207 Å². The molecule has 9 nitrogen and oxygen atoms in total. The number of amides is 1. The Morgan fingerprint density at radius 2 is 1.89 bits per heavy atom. The van der Waals surface area contributed by atoms with Gasteiger partial charge in [0.2, 0.25) is 15.9 Å². The third-order valence-electron chi connectivity index (χ3n) is 5.66. The molecule has 0 aliphatic carbocycles. The molecular formula is C23H26FN5O4S2. The lowest BCUT2D eigenvalue weighted by Crippen LogP contribution is -2.35. The Morgan fingerprint density at radius 3 is 2.60 bits per heavy atom. The van der Waals surface area contributed by atoms with E-state index >= 15 is 0 Å². The molecule has 1 aliphatic rings. The standard InChI is InChI=1S/C23H26FN5O4S2/c1-28-22(17-8-4-5-9-18(17)24)26-27-23(28)34-15-21(30)25-16-10-11-19(33-2)20(14-16)35(31,32)29-12-6-3-7-13-29/h4-5,8-11,14H,3,6-7,12-13,15H2,1-2H3,(H,25,30). The fourth-order valence-corrected chi connectivity index (χ4v) is 6.25. The third kappa shape index (κ3) is 5.49. The van der Waals surface area contributed by atoms with Crippen LogP contribution in [0.5, 0.6) is 5.75 Å². The smallest absolute Gasteiger partial charge is 0.246 e. The fourth-order valence-electron chi connectivity index (χ4n) is 3.85. The SMILES string of the molecule is COc1ccc(NC(=O)CSc2nnc(-c3ccccc3F)n2C)cc1S(=O)(=O)N1CCCCC1. The molecule has 0 saturated carbocycles. The van der Waals surface area contributed by atoms with Crippen molar-refractivity contribution in [1.29, 1.82) is 0 Å². The highest BCUT2D eigenvalue weighted by atomic mass is 32.2. The van der Waals surface area contributed by atoms with Gasteiger partial charge in [-0.05, 0) is 43.2 Å². The zero-order valence-electron chi connectivity index (χ0n) is 19.4. The van der Waals surface area contributed by atoms with Crippen LogP contribution in [0.15, 0.2) is 52.5 Å². The van der Waals surface area contributed by atoms with Crippen LogP contribution in [0.25, 0.3) is 11.4 Å². The number of carbonyl (C=O) groups excluding carboxylic acids is 1. The molecule has 0 unspecified atom stereocenters. The number of nitrogens with one attached hydrogen (secondary N) is 1. The van der Waals surface area contributed by atoms with Gasteiger partial charge in [-0.3, -0.25) is 4.79 Å². The van der Waals surface area contributed by atoms with Gasteiger partial charge in [0.25, 0.3) is 0 Å². The number of rotatable bonds is 8. The van der Waals surface area contributed by atoms with E-state index < -0.39 is 15.8 Å². The molecule has 0 bridgehead atoms. The lowest BCUT2D eigenvalue weighted by atomic mass is 10.2. The Balaban J connectivity index is 1.45. The lowest BCUT2D eigenvalue weighted by Gasteiger charge is -2.26. The predicted octanol–water partition coefficient (Wildman–Crippen LogP) is 3.54. The summed E-state index contributed by atoms with van der Waals surface area (Å²) < 4.78 is 48.8. The number of anilines is 1. The average Bonchev–Trinajstić information content (AvgIpc) is 3.23. The Kier molecular flexibility index (Phi) is 7.72. The maximum atomic E-state index is 14.1. The van der Waals surface area contributed by atoms with Crippen molar-refractivity contribution in [2.24, 2.45) is 7.05 Å². The molecule has 2 aromatic carbocycles. The van der Waals surface area contributed by atoms with Crippen LogP contribution in [0.2, 0.25) is 0 Å². The molecule has 1 saturated heterocycles. The quantitative estimate of drug-likeness (QED) is 0.454. The zero-order chi connectivity index (χ0) is 25.0. The van der Waals surface area contributed by atoms with Crippen LogP contribution in [0.3, 0.4) is 0 Å². The molecule has 0 spiro atoms. The van der Waals surface area contributed by atoms with Crippen LogP contribution >= 0.6 is 11.8 Å². The summed E-state index contributed by atoms with van der Waals surface area (Å²) in [4.78, 5) is 12.6. The number of carbonyl (C=O) groups is 1. The number of ether oxygens (including phenoxy) is 1. The minimum atomic E-state index is -3.75. The largest absolute Gasteiger partial charge is 0.495 e. The summed E-state index contributed by atoms with van der Waals surface area (Å²) in [6.45, 7) is 0.927. The number of piperidine rings is 1. The van der Waals surface area contributed by atoms with Crippen molar-refractivity contribution in [3.05, 3.63) is 48.3 Å². The monoisotopic (exact) mass is 519 g/mol. The number of methoxy groups -OCH3 is 1. The van der Waals surface area contributed by atoms with Crippen LogP contribution < -0.4 is 10.1 Å². The molecule has 1 amide bonds. The maximum absolute atomic E-state index is 14.1. The summed E-state index contributed by atoms with van der Waals surface area (Å²) in [6.07, 6.45) is 2.63. The van der Waals surface area contributed by atoms with Gasteiger partial charge in [-0.15, -0.1) is 10.2 Å². The zero-order valence-corrected chi connectivity index (χ0v) is 21.0. The molecule has 1 aromatic heterocycles. The lowest BCUT2D eigenvalue weighted by molar-refractivity contribution is -0.113. The van der Waals surface area contributed by atoms with Gasteiger partial charge in [0.15, 0.2) is 11.0 Å². The van der Waals surface area contributed by atoms with Crippen molar-refractivity contribution >= 4 is 33.4 Å². The number of benzene rings is 2. The number of sulfonamides is 1. The van der Waals surface area contributed by atoms with Crippen molar-refractivity contribution in [1.82, 2.24) is 19.1 Å². The van der Waals surface area contributed by atoms with E-state index in [9.17, 15) is 17.6 Å².